The van der Waals surface area contributed by atoms with Crippen LogP contribution in [0.3, 0.4) is 0 Å². The van der Waals surface area contributed by atoms with Crippen molar-refractivity contribution >= 4 is 23.9 Å². The minimum absolute atomic E-state index is 0.00264. The summed E-state index contributed by atoms with van der Waals surface area (Å²) in [5.41, 5.74) is 0.605. The maximum atomic E-state index is 12.0. The molecule has 1 aromatic heterocycles. The van der Waals surface area contributed by atoms with Crippen LogP contribution in [0.2, 0.25) is 0 Å². The lowest BCUT2D eigenvalue weighted by Gasteiger charge is -2.24. The van der Waals surface area contributed by atoms with E-state index < -0.39 is 48.9 Å². The lowest BCUT2D eigenvalue weighted by molar-refractivity contribution is -0.310. The standard InChI is InChI=1S/C24H41N5O12/c1-37-8-9-38-10-11-39-12-13-40-14-15-41-17-18-16-29(28-27-18)7-3-2-4-19(22(32)33)25-24(36)26-20(23(34)35)5-6-21(30)31/h16,19-20H,2-15,17H2,1H3,(H,30,31)(H,32,33)(H,34,35)(H2,25,26,36)/p-3/t19-,20-/m0/s1. The van der Waals surface area contributed by atoms with Gasteiger partial charge in [0, 0.05) is 19.6 Å². The summed E-state index contributed by atoms with van der Waals surface area (Å²) >= 11 is 0. The normalized spacial score (nSPS) is 12.5. The van der Waals surface area contributed by atoms with Crippen molar-refractivity contribution in [1.29, 1.82) is 0 Å². The highest BCUT2D eigenvalue weighted by Gasteiger charge is 2.17. The highest BCUT2D eigenvalue weighted by atomic mass is 16.6. The Balaban J connectivity index is 2.18. The number of carbonyl (C=O) groups excluding carboxylic acids is 4. The quantitative estimate of drug-likeness (QED) is 0.0974. The summed E-state index contributed by atoms with van der Waals surface area (Å²) < 4.78 is 28.0. The molecule has 0 saturated heterocycles. The number of aliphatic carboxylic acids is 3. The number of carboxylic acid groups (broad SMARTS) is 3. The van der Waals surface area contributed by atoms with Crippen LogP contribution < -0.4 is 26.0 Å². The number of nitrogens with zero attached hydrogens (tertiary/aromatic N) is 3. The summed E-state index contributed by atoms with van der Waals surface area (Å²) in [5.74, 6) is -4.77. The van der Waals surface area contributed by atoms with Crippen molar-refractivity contribution in [2.24, 2.45) is 0 Å². The number of hydrogen-bond donors (Lipinski definition) is 2. The average Bonchev–Trinajstić information content (AvgIpc) is 3.38. The number of amides is 2. The van der Waals surface area contributed by atoms with Crippen molar-refractivity contribution < 1.29 is 58.2 Å². The topological polar surface area (TPSA) is 238 Å². The van der Waals surface area contributed by atoms with Gasteiger partial charge >= 0.3 is 6.03 Å². The van der Waals surface area contributed by atoms with Crippen LogP contribution in [0.15, 0.2) is 6.20 Å². The highest BCUT2D eigenvalue weighted by molar-refractivity contribution is 5.85. The van der Waals surface area contributed by atoms with Crippen molar-refractivity contribution in [2.75, 3.05) is 60.0 Å². The van der Waals surface area contributed by atoms with Crippen LogP contribution in [0, 0.1) is 0 Å². The van der Waals surface area contributed by atoms with Crippen LogP contribution in [0.1, 0.15) is 37.8 Å². The molecule has 234 valence electrons. The summed E-state index contributed by atoms with van der Waals surface area (Å²) in [7, 11) is 1.61. The third kappa shape index (κ3) is 18.6. The van der Waals surface area contributed by atoms with E-state index in [1.807, 2.05) is 5.32 Å². The minimum Gasteiger partial charge on any atom is -0.550 e. The lowest BCUT2D eigenvalue weighted by Crippen LogP contribution is -2.56. The number of aryl methyl sites for hydroxylation is 1. The van der Waals surface area contributed by atoms with Gasteiger partial charge in [-0.15, -0.1) is 5.10 Å². The number of methoxy groups -OCH3 is 1. The van der Waals surface area contributed by atoms with Crippen LogP contribution >= 0.6 is 0 Å². The molecule has 2 atom stereocenters. The Hall–Kier alpha value is -3.38. The third-order valence-corrected chi connectivity index (χ3v) is 5.33. The zero-order chi connectivity index (χ0) is 30.3. The molecule has 0 unspecified atom stereocenters. The Labute approximate surface area is 237 Å². The molecule has 0 aliphatic heterocycles. The van der Waals surface area contributed by atoms with Gasteiger partial charge in [-0.25, -0.2) is 4.79 Å². The van der Waals surface area contributed by atoms with Gasteiger partial charge in [-0.2, -0.15) is 0 Å². The number of hydrogen-bond acceptors (Lipinski definition) is 14. The number of aromatic nitrogens is 3. The lowest BCUT2D eigenvalue weighted by atomic mass is 10.1. The molecule has 17 heteroatoms. The maximum absolute atomic E-state index is 12.0. The maximum Gasteiger partial charge on any atom is 0.315 e. The van der Waals surface area contributed by atoms with Gasteiger partial charge < -0.3 is 64.0 Å². The Morgan fingerprint density at radius 1 is 0.805 bits per heavy atom. The first-order valence-electron chi connectivity index (χ1n) is 13.1. The fraction of sp³-hybridized carbons (Fsp3) is 0.750. The molecule has 0 aliphatic carbocycles. The summed E-state index contributed by atoms with van der Waals surface area (Å²) in [4.78, 5) is 44.9. The Morgan fingerprint density at radius 2 is 1.34 bits per heavy atom. The van der Waals surface area contributed by atoms with Gasteiger partial charge in [0.15, 0.2) is 0 Å². The van der Waals surface area contributed by atoms with E-state index in [0.717, 1.165) is 0 Å². The van der Waals surface area contributed by atoms with E-state index in [4.69, 9.17) is 23.7 Å². The number of carbonyl (C=O) groups is 4. The average molecular weight is 589 g/mol. The van der Waals surface area contributed by atoms with Gasteiger partial charge in [0.25, 0.3) is 0 Å². The second-order valence-electron chi connectivity index (χ2n) is 8.62. The molecule has 0 radical (unpaired) electrons. The largest absolute Gasteiger partial charge is 0.550 e. The first kappa shape index (κ1) is 35.6. The fourth-order valence-corrected chi connectivity index (χ4v) is 3.23. The predicted octanol–water partition coefficient (Wildman–Crippen LogP) is -4.27. The molecule has 0 aromatic carbocycles. The van der Waals surface area contributed by atoms with Crippen molar-refractivity contribution in [2.45, 2.75) is 57.3 Å². The number of rotatable bonds is 26. The van der Waals surface area contributed by atoms with E-state index in [1.165, 1.54) is 0 Å². The summed E-state index contributed by atoms with van der Waals surface area (Å²) in [6.07, 6.45) is 1.45. The molecule has 1 aromatic rings. The zero-order valence-electron chi connectivity index (χ0n) is 23.1. The van der Waals surface area contributed by atoms with Crippen molar-refractivity contribution in [3.05, 3.63) is 11.9 Å². The zero-order valence-corrected chi connectivity index (χ0v) is 23.1. The summed E-state index contributed by atoms with van der Waals surface area (Å²) in [6, 6.07) is -4.13. The monoisotopic (exact) mass is 588 g/mol. The van der Waals surface area contributed by atoms with E-state index in [9.17, 15) is 34.5 Å². The SMILES string of the molecule is COCCOCCOCCOCCOCc1cn(CCCC[C@H](NC(=O)N[C@@H](CCC(=O)[O-])C(=O)[O-])C(=O)[O-])nn1. The van der Waals surface area contributed by atoms with Crippen LogP contribution in [0.25, 0.3) is 0 Å². The molecule has 0 saturated carbocycles. The molecular formula is C24H38N5O12-3. The number of ether oxygens (including phenoxy) is 5. The Morgan fingerprint density at radius 3 is 1.88 bits per heavy atom. The molecule has 0 bridgehead atoms. The molecule has 2 N–H and O–H groups in total. The Bertz CT molecular complexity index is 900. The van der Waals surface area contributed by atoms with Crippen molar-refractivity contribution in [3.8, 4) is 0 Å². The van der Waals surface area contributed by atoms with Crippen LogP contribution in [0.4, 0.5) is 4.79 Å². The van der Waals surface area contributed by atoms with Crippen LogP contribution in [0.5, 0.6) is 0 Å². The minimum atomic E-state index is -1.71. The van der Waals surface area contributed by atoms with Crippen LogP contribution in [-0.2, 0) is 51.2 Å². The van der Waals surface area contributed by atoms with E-state index >= 15 is 0 Å². The van der Waals surface area contributed by atoms with Gasteiger partial charge in [0.2, 0.25) is 0 Å². The van der Waals surface area contributed by atoms with Gasteiger partial charge in [0.1, 0.15) is 5.69 Å². The molecule has 2 amide bonds. The molecule has 1 heterocycles. The fourth-order valence-electron chi connectivity index (χ4n) is 3.23. The van der Waals surface area contributed by atoms with E-state index in [0.29, 0.717) is 77.9 Å². The number of urea groups is 1. The first-order valence-corrected chi connectivity index (χ1v) is 13.1. The molecule has 17 nitrogen and oxygen atoms in total. The third-order valence-electron chi connectivity index (χ3n) is 5.33. The number of carboxylic acids is 3. The van der Waals surface area contributed by atoms with Gasteiger partial charge in [0.05, 0.1) is 89.7 Å². The van der Waals surface area contributed by atoms with E-state index in [-0.39, 0.29) is 13.0 Å². The van der Waals surface area contributed by atoms with Crippen molar-refractivity contribution in [3.63, 3.8) is 0 Å². The van der Waals surface area contributed by atoms with Crippen molar-refractivity contribution in [1.82, 2.24) is 25.6 Å². The molecule has 41 heavy (non-hydrogen) atoms. The Kier molecular flexibility index (Phi) is 19.4. The van der Waals surface area contributed by atoms with E-state index in [1.54, 1.807) is 18.0 Å². The second-order valence-corrected chi connectivity index (χ2v) is 8.62. The molecule has 0 fully saturated rings. The van der Waals surface area contributed by atoms with Gasteiger partial charge in [-0.1, -0.05) is 5.21 Å². The first-order chi connectivity index (χ1) is 19.7. The second kappa shape index (κ2) is 22.3. The van der Waals surface area contributed by atoms with Crippen LogP contribution in [-0.4, -0.2) is 111 Å². The highest BCUT2D eigenvalue weighted by Crippen LogP contribution is 2.05. The van der Waals surface area contributed by atoms with Gasteiger partial charge in [-0.3, -0.25) is 4.68 Å². The summed E-state index contributed by atoms with van der Waals surface area (Å²) in [6.45, 7) is 4.35. The number of unbranched alkanes of at least 4 members (excludes halogenated alkanes) is 1. The smallest absolute Gasteiger partial charge is 0.315 e. The molecule has 0 spiro atoms. The van der Waals surface area contributed by atoms with Gasteiger partial charge in [-0.05, 0) is 32.1 Å². The number of nitrogens with one attached hydrogen (secondary N) is 2. The predicted molar refractivity (Wildman–Crippen MR) is 131 cm³/mol. The van der Waals surface area contributed by atoms with E-state index in [2.05, 4.69) is 15.6 Å². The summed E-state index contributed by atoms with van der Waals surface area (Å²) in [5, 5.41) is 45.0. The molecule has 1 rings (SSSR count). The molecule has 0 aliphatic rings. The molecular weight excluding hydrogens is 550 g/mol.